The molecule has 0 unspecified atom stereocenters. The Morgan fingerprint density at radius 1 is 1.23 bits per heavy atom. The van der Waals surface area contributed by atoms with Crippen molar-refractivity contribution in [2.45, 2.75) is 33.3 Å². The Morgan fingerprint density at radius 3 is 2.46 bits per heavy atom. The van der Waals surface area contributed by atoms with E-state index in [4.69, 9.17) is 9.26 Å². The van der Waals surface area contributed by atoms with Gasteiger partial charge in [0.2, 0.25) is 0 Å². The molecule has 140 valence electrons. The van der Waals surface area contributed by atoms with Gasteiger partial charge in [0.05, 0.1) is 5.69 Å². The molecular weight excluding hydrogens is 400 g/mol. The largest absolute Gasteiger partial charge is 0.444 e. The third-order valence-electron chi connectivity index (χ3n) is 3.99. The number of aryl methyl sites for hydroxylation is 1. The second kappa shape index (κ2) is 7.26. The molecule has 2 heterocycles. The third-order valence-corrected chi connectivity index (χ3v) is 4.63. The van der Waals surface area contributed by atoms with Gasteiger partial charge in [0.25, 0.3) is 5.89 Å². The number of piperazine rings is 1. The number of halogens is 1. The van der Waals surface area contributed by atoms with Crippen LogP contribution in [0, 0.1) is 6.92 Å². The van der Waals surface area contributed by atoms with Gasteiger partial charge in [-0.15, -0.1) is 0 Å². The molecule has 1 aromatic heterocycles. The molecule has 1 fully saturated rings. The number of carbonyl (C=O) groups is 1. The quantitative estimate of drug-likeness (QED) is 0.731. The number of hydrogen-bond donors (Lipinski definition) is 0. The molecule has 1 aliphatic heterocycles. The van der Waals surface area contributed by atoms with Gasteiger partial charge in [0, 0.05) is 36.2 Å². The van der Waals surface area contributed by atoms with Gasteiger partial charge in [-0.2, -0.15) is 4.98 Å². The van der Waals surface area contributed by atoms with Crippen LogP contribution in [-0.4, -0.2) is 52.9 Å². The predicted octanol–water partition coefficient (Wildman–Crippen LogP) is 3.86. The summed E-state index contributed by atoms with van der Waals surface area (Å²) in [5, 5.41) is 3.82. The monoisotopic (exact) mass is 422 g/mol. The topological polar surface area (TPSA) is 71.7 Å². The van der Waals surface area contributed by atoms with Crippen molar-refractivity contribution in [2.75, 3.05) is 31.1 Å². The number of carbonyl (C=O) groups excluding carboxylic acids is 1. The summed E-state index contributed by atoms with van der Waals surface area (Å²) < 4.78 is 11.6. The predicted molar refractivity (Wildman–Crippen MR) is 102 cm³/mol. The van der Waals surface area contributed by atoms with Crippen molar-refractivity contribution >= 4 is 27.7 Å². The molecule has 0 bridgehead atoms. The lowest BCUT2D eigenvalue weighted by molar-refractivity contribution is 0.0240. The first kappa shape index (κ1) is 18.7. The molecule has 7 nitrogen and oxygen atoms in total. The minimum atomic E-state index is -0.472. The summed E-state index contributed by atoms with van der Waals surface area (Å²) in [4.78, 5) is 20.4. The van der Waals surface area contributed by atoms with E-state index in [1.165, 1.54) is 0 Å². The lowest BCUT2D eigenvalue weighted by atomic mass is 10.1. The second-order valence-corrected chi connectivity index (χ2v) is 8.12. The summed E-state index contributed by atoms with van der Waals surface area (Å²) in [6.45, 7) is 10.2. The van der Waals surface area contributed by atoms with Crippen LogP contribution in [0.4, 0.5) is 10.5 Å². The van der Waals surface area contributed by atoms with Gasteiger partial charge in [0.15, 0.2) is 5.82 Å². The summed E-state index contributed by atoms with van der Waals surface area (Å²) in [5.74, 6) is 1.11. The highest BCUT2D eigenvalue weighted by atomic mass is 79.9. The number of ether oxygens (including phenoxy) is 1. The molecule has 8 heteroatoms. The van der Waals surface area contributed by atoms with Gasteiger partial charge in [-0.25, -0.2) is 4.79 Å². The van der Waals surface area contributed by atoms with Crippen molar-refractivity contribution in [1.82, 2.24) is 15.0 Å². The Balaban J connectivity index is 1.65. The highest BCUT2D eigenvalue weighted by molar-refractivity contribution is 9.10. The molecule has 1 amide bonds. The molecule has 1 saturated heterocycles. The van der Waals surface area contributed by atoms with Crippen LogP contribution in [0.5, 0.6) is 0 Å². The van der Waals surface area contributed by atoms with Crippen LogP contribution in [0.15, 0.2) is 27.2 Å². The van der Waals surface area contributed by atoms with Gasteiger partial charge >= 0.3 is 6.09 Å². The maximum atomic E-state index is 12.2. The van der Waals surface area contributed by atoms with Crippen molar-refractivity contribution in [3.8, 4) is 11.5 Å². The molecule has 1 aliphatic rings. The number of nitrogens with zero attached hydrogens (tertiary/aromatic N) is 4. The zero-order valence-corrected chi connectivity index (χ0v) is 17.0. The second-order valence-electron chi connectivity index (χ2n) is 7.27. The maximum Gasteiger partial charge on any atom is 0.410 e. The molecule has 0 radical (unpaired) electrons. The van der Waals surface area contributed by atoms with E-state index in [0.717, 1.165) is 28.8 Å². The standard InChI is InChI=1S/C18H23BrN4O3/c1-12-20-16(26-21-12)13-5-6-15(14(19)11-13)22-7-9-23(10-8-22)17(24)25-18(2,3)4/h5-6,11H,7-10H2,1-4H3. The zero-order chi connectivity index (χ0) is 18.9. The molecular formula is C18H23BrN4O3. The summed E-state index contributed by atoms with van der Waals surface area (Å²) in [7, 11) is 0. The molecule has 2 aromatic rings. The Hall–Kier alpha value is -2.09. The van der Waals surface area contributed by atoms with Crippen LogP contribution in [0.25, 0.3) is 11.5 Å². The average Bonchev–Trinajstić information content (AvgIpc) is 3.00. The lowest BCUT2D eigenvalue weighted by Crippen LogP contribution is -2.50. The Labute approximate surface area is 161 Å². The first-order valence-electron chi connectivity index (χ1n) is 8.56. The van der Waals surface area contributed by atoms with E-state index in [9.17, 15) is 4.79 Å². The highest BCUT2D eigenvalue weighted by Gasteiger charge is 2.26. The number of rotatable bonds is 2. The van der Waals surface area contributed by atoms with E-state index in [1.54, 1.807) is 11.8 Å². The molecule has 0 saturated carbocycles. The maximum absolute atomic E-state index is 12.2. The molecule has 0 spiro atoms. The molecule has 0 atom stereocenters. The first-order valence-corrected chi connectivity index (χ1v) is 9.35. The van der Waals surface area contributed by atoms with Crippen LogP contribution >= 0.6 is 15.9 Å². The lowest BCUT2D eigenvalue weighted by Gasteiger charge is -2.37. The van der Waals surface area contributed by atoms with Crippen molar-refractivity contribution < 1.29 is 14.1 Å². The van der Waals surface area contributed by atoms with E-state index in [2.05, 4.69) is 31.0 Å². The summed E-state index contributed by atoms with van der Waals surface area (Å²) in [5.41, 5.74) is 1.47. The number of benzene rings is 1. The third kappa shape index (κ3) is 4.35. The summed E-state index contributed by atoms with van der Waals surface area (Å²) >= 11 is 3.63. The van der Waals surface area contributed by atoms with E-state index >= 15 is 0 Å². The number of anilines is 1. The van der Waals surface area contributed by atoms with Crippen LogP contribution in [0.2, 0.25) is 0 Å². The molecule has 0 N–H and O–H groups in total. The van der Waals surface area contributed by atoms with E-state index in [-0.39, 0.29) is 6.09 Å². The molecule has 26 heavy (non-hydrogen) atoms. The van der Waals surface area contributed by atoms with Crippen molar-refractivity contribution in [1.29, 1.82) is 0 Å². The highest BCUT2D eigenvalue weighted by Crippen LogP contribution is 2.31. The van der Waals surface area contributed by atoms with Crippen molar-refractivity contribution in [3.05, 3.63) is 28.5 Å². The van der Waals surface area contributed by atoms with E-state index in [0.29, 0.717) is 24.8 Å². The molecule has 3 rings (SSSR count). The van der Waals surface area contributed by atoms with Crippen LogP contribution in [-0.2, 0) is 4.74 Å². The van der Waals surface area contributed by atoms with Crippen molar-refractivity contribution in [2.24, 2.45) is 0 Å². The fraction of sp³-hybridized carbons (Fsp3) is 0.500. The van der Waals surface area contributed by atoms with Crippen molar-refractivity contribution in [3.63, 3.8) is 0 Å². The summed E-state index contributed by atoms with van der Waals surface area (Å²) in [6, 6.07) is 5.97. The van der Waals surface area contributed by atoms with Crippen LogP contribution in [0.3, 0.4) is 0 Å². The SMILES string of the molecule is Cc1noc(-c2ccc(N3CCN(C(=O)OC(C)(C)C)CC3)c(Br)c2)n1. The minimum absolute atomic E-state index is 0.252. The fourth-order valence-electron chi connectivity index (χ4n) is 2.77. The number of aromatic nitrogens is 2. The zero-order valence-electron chi connectivity index (χ0n) is 15.5. The Kier molecular flexibility index (Phi) is 5.22. The fourth-order valence-corrected chi connectivity index (χ4v) is 3.40. The Bertz CT molecular complexity index is 792. The van der Waals surface area contributed by atoms with E-state index in [1.807, 2.05) is 39.0 Å². The average molecular weight is 423 g/mol. The van der Waals surface area contributed by atoms with Crippen LogP contribution < -0.4 is 4.90 Å². The Morgan fingerprint density at radius 2 is 1.92 bits per heavy atom. The van der Waals surface area contributed by atoms with Crippen LogP contribution in [0.1, 0.15) is 26.6 Å². The number of hydrogen-bond acceptors (Lipinski definition) is 6. The van der Waals surface area contributed by atoms with Gasteiger partial charge in [-0.05, 0) is 61.8 Å². The normalized spacial score (nSPS) is 15.3. The smallest absolute Gasteiger partial charge is 0.410 e. The van der Waals surface area contributed by atoms with Gasteiger partial charge < -0.3 is 19.1 Å². The van der Waals surface area contributed by atoms with E-state index < -0.39 is 5.60 Å². The first-order chi connectivity index (χ1) is 12.2. The molecule has 0 aliphatic carbocycles. The van der Waals surface area contributed by atoms with Gasteiger partial charge in [-0.1, -0.05) is 5.16 Å². The summed E-state index contributed by atoms with van der Waals surface area (Å²) in [6.07, 6.45) is -0.252. The van der Waals surface area contributed by atoms with Gasteiger partial charge in [0.1, 0.15) is 5.60 Å². The minimum Gasteiger partial charge on any atom is -0.444 e. The molecule has 1 aromatic carbocycles. The van der Waals surface area contributed by atoms with Gasteiger partial charge in [-0.3, -0.25) is 0 Å². The number of amides is 1.